The highest BCUT2D eigenvalue weighted by atomic mass is 35.5. The SMILES string of the molecule is COc1cc(C[NH2+]C(C)(C)CC(C)(C)C)ccc1OCc1ccc(Cl)cc1Cl. The van der Waals surface area contributed by atoms with Gasteiger partial charge in [-0.2, -0.15) is 0 Å². The molecule has 0 saturated carbocycles. The molecule has 0 radical (unpaired) electrons. The Morgan fingerprint density at radius 2 is 1.64 bits per heavy atom. The first-order valence-corrected chi connectivity index (χ1v) is 10.3. The smallest absolute Gasteiger partial charge is 0.161 e. The molecule has 2 aromatic rings. The number of halogens is 2. The minimum Gasteiger partial charge on any atom is -0.493 e. The van der Waals surface area contributed by atoms with Crippen LogP contribution in [0.3, 0.4) is 0 Å². The first kappa shape index (κ1) is 22.9. The zero-order chi connectivity index (χ0) is 20.9. The molecule has 0 fully saturated rings. The van der Waals surface area contributed by atoms with Gasteiger partial charge in [0.05, 0.1) is 12.6 Å². The quantitative estimate of drug-likeness (QED) is 0.575. The van der Waals surface area contributed by atoms with E-state index < -0.39 is 0 Å². The van der Waals surface area contributed by atoms with Crippen LogP contribution in [-0.4, -0.2) is 12.6 Å². The average Bonchev–Trinajstić information content (AvgIpc) is 2.57. The van der Waals surface area contributed by atoms with Crippen LogP contribution < -0.4 is 14.8 Å². The molecular weight excluding hydrogens is 393 g/mol. The van der Waals surface area contributed by atoms with E-state index in [4.69, 9.17) is 32.7 Å². The summed E-state index contributed by atoms with van der Waals surface area (Å²) in [6.07, 6.45) is 1.14. The number of hydrogen-bond donors (Lipinski definition) is 1. The maximum absolute atomic E-state index is 6.22. The number of methoxy groups -OCH3 is 1. The Kier molecular flexibility index (Phi) is 7.66. The Morgan fingerprint density at radius 3 is 2.25 bits per heavy atom. The first-order valence-electron chi connectivity index (χ1n) is 9.57. The zero-order valence-corrected chi connectivity index (χ0v) is 19.2. The predicted molar refractivity (Wildman–Crippen MR) is 118 cm³/mol. The number of quaternary nitrogens is 1. The summed E-state index contributed by atoms with van der Waals surface area (Å²) in [5.74, 6) is 1.43. The van der Waals surface area contributed by atoms with Crippen molar-refractivity contribution in [3.63, 3.8) is 0 Å². The number of rotatable bonds is 8. The van der Waals surface area contributed by atoms with E-state index in [-0.39, 0.29) is 5.54 Å². The van der Waals surface area contributed by atoms with Gasteiger partial charge in [0.1, 0.15) is 13.2 Å². The normalized spacial score (nSPS) is 12.1. The van der Waals surface area contributed by atoms with Crippen LogP contribution in [0.5, 0.6) is 11.5 Å². The van der Waals surface area contributed by atoms with Crippen molar-refractivity contribution in [2.45, 2.75) is 59.7 Å². The van der Waals surface area contributed by atoms with Gasteiger partial charge in [0.2, 0.25) is 0 Å². The van der Waals surface area contributed by atoms with E-state index in [9.17, 15) is 0 Å². The second-order valence-corrected chi connectivity index (χ2v) is 9.99. The van der Waals surface area contributed by atoms with E-state index in [0.29, 0.717) is 27.8 Å². The number of benzene rings is 2. The van der Waals surface area contributed by atoms with Crippen molar-refractivity contribution in [1.82, 2.24) is 0 Å². The molecule has 2 aromatic carbocycles. The Bertz CT molecular complexity index is 798. The lowest BCUT2D eigenvalue weighted by Gasteiger charge is -2.30. The molecule has 0 unspecified atom stereocenters. The van der Waals surface area contributed by atoms with Crippen LogP contribution in [0.15, 0.2) is 36.4 Å². The zero-order valence-electron chi connectivity index (χ0n) is 17.7. The highest BCUT2D eigenvalue weighted by molar-refractivity contribution is 6.35. The fourth-order valence-electron chi connectivity index (χ4n) is 3.59. The molecule has 0 spiro atoms. The molecule has 0 atom stereocenters. The molecule has 0 heterocycles. The Hall–Kier alpha value is -1.42. The average molecular weight is 425 g/mol. The van der Waals surface area contributed by atoms with Crippen molar-refractivity contribution < 1.29 is 14.8 Å². The maximum Gasteiger partial charge on any atom is 0.161 e. The lowest BCUT2D eigenvalue weighted by Crippen LogP contribution is -2.94. The number of nitrogens with two attached hydrogens (primary N) is 1. The van der Waals surface area contributed by atoms with Crippen molar-refractivity contribution in [2.75, 3.05) is 7.11 Å². The minimum absolute atomic E-state index is 0.173. The molecule has 3 nitrogen and oxygen atoms in total. The third-order valence-corrected chi connectivity index (χ3v) is 5.09. The second-order valence-electron chi connectivity index (χ2n) is 9.14. The molecule has 5 heteroatoms. The molecule has 0 saturated heterocycles. The van der Waals surface area contributed by atoms with E-state index in [1.165, 1.54) is 5.56 Å². The minimum atomic E-state index is 0.173. The van der Waals surface area contributed by atoms with Gasteiger partial charge in [-0.1, -0.05) is 50.0 Å². The van der Waals surface area contributed by atoms with Crippen LogP contribution in [0.1, 0.15) is 52.2 Å². The van der Waals surface area contributed by atoms with Gasteiger partial charge in [0.25, 0.3) is 0 Å². The standard InChI is InChI=1S/C23H31Cl2NO2/c1-22(2,3)15-23(4,5)26-13-16-7-10-20(21(11-16)27-6)28-14-17-8-9-18(24)12-19(17)25/h7-12,26H,13-15H2,1-6H3/p+1. The van der Waals surface area contributed by atoms with Gasteiger partial charge < -0.3 is 14.8 Å². The molecule has 0 aliphatic heterocycles. The molecule has 0 aromatic heterocycles. The van der Waals surface area contributed by atoms with Gasteiger partial charge in [-0.25, -0.2) is 0 Å². The Balaban J connectivity index is 2.03. The van der Waals surface area contributed by atoms with Crippen LogP contribution in [0.4, 0.5) is 0 Å². The molecule has 0 aliphatic rings. The van der Waals surface area contributed by atoms with E-state index in [1.54, 1.807) is 13.2 Å². The first-order chi connectivity index (χ1) is 13.0. The summed E-state index contributed by atoms with van der Waals surface area (Å²) in [4.78, 5) is 0. The second kappa shape index (κ2) is 9.39. The molecular formula is C23H32Cl2NO2+. The van der Waals surface area contributed by atoms with Crippen LogP contribution in [-0.2, 0) is 13.2 Å². The highest BCUT2D eigenvalue weighted by Crippen LogP contribution is 2.30. The van der Waals surface area contributed by atoms with Crippen molar-refractivity contribution in [3.8, 4) is 11.5 Å². The summed E-state index contributed by atoms with van der Waals surface area (Å²) < 4.78 is 11.5. The van der Waals surface area contributed by atoms with Crippen LogP contribution in [0.2, 0.25) is 10.0 Å². The monoisotopic (exact) mass is 424 g/mol. The largest absolute Gasteiger partial charge is 0.493 e. The number of hydrogen-bond acceptors (Lipinski definition) is 2. The van der Waals surface area contributed by atoms with E-state index in [0.717, 1.165) is 24.3 Å². The summed E-state index contributed by atoms with van der Waals surface area (Å²) in [6, 6.07) is 11.5. The van der Waals surface area contributed by atoms with Gasteiger partial charge in [-0.15, -0.1) is 0 Å². The maximum atomic E-state index is 6.22. The van der Waals surface area contributed by atoms with Crippen LogP contribution >= 0.6 is 23.2 Å². The summed E-state index contributed by atoms with van der Waals surface area (Å²) in [5.41, 5.74) is 2.56. The van der Waals surface area contributed by atoms with E-state index >= 15 is 0 Å². The molecule has 28 heavy (non-hydrogen) atoms. The molecule has 0 aliphatic carbocycles. The summed E-state index contributed by atoms with van der Waals surface area (Å²) in [7, 11) is 1.66. The van der Waals surface area contributed by atoms with Crippen molar-refractivity contribution in [2.24, 2.45) is 5.41 Å². The fourth-order valence-corrected chi connectivity index (χ4v) is 4.05. The number of ether oxygens (including phenoxy) is 2. The predicted octanol–water partition coefficient (Wildman–Crippen LogP) is 5.86. The van der Waals surface area contributed by atoms with Crippen molar-refractivity contribution >= 4 is 23.2 Å². The molecule has 2 N–H and O–H groups in total. The van der Waals surface area contributed by atoms with E-state index in [2.05, 4.69) is 46.0 Å². The third-order valence-electron chi connectivity index (χ3n) is 4.50. The van der Waals surface area contributed by atoms with Crippen molar-refractivity contribution in [1.29, 1.82) is 0 Å². The fraction of sp³-hybridized carbons (Fsp3) is 0.478. The summed E-state index contributed by atoms with van der Waals surface area (Å²) in [6.45, 7) is 12.7. The lowest BCUT2D eigenvalue weighted by atomic mass is 9.82. The van der Waals surface area contributed by atoms with Gasteiger partial charge in [-0.05, 0) is 49.6 Å². The summed E-state index contributed by atoms with van der Waals surface area (Å²) >= 11 is 12.2. The van der Waals surface area contributed by atoms with Crippen LogP contribution in [0.25, 0.3) is 0 Å². The Morgan fingerprint density at radius 1 is 0.929 bits per heavy atom. The van der Waals surface area contributed by atoms with Gasteiger partial charge in [-0.3, -0.25) is 0 Å². The molecule has 154 valence electrons. The third kappa shape index (κ3) is 7.20. The van der Waals surface area contributed by atoms with Gasteiger partial charge in [0, 0.05) is 27.6 Å². The van der Waals surface area contributed by atoms with Gasteiger partial charge >= 0.3 is 0 Å². The Labute approximate surface area is 179 Å². The van der Waals surface area contributed by atoms with Gasteiger partial charge in [0.15, 0.2) is 11.5 Å². The van der Waals surface area contributed by atoms with Crippen molar-refractivity contribution in [3.05, 3.63) is 57.6 Å². The highest BCUT2D eigenvalue weighted by Gasteiger charge is 2.28. The molecule has 0 amide bonds. The lowest BCUT2D eigenvalue weighted by molar-refractivity contribution is -0.737. The molecule has 0 bridgehead atoms. The summed E-state index contributed by atoms with van der Waals surface area (Å²) in [5, 5.41) is 3.60. The van der Waals surface area contributed by atoms with E-state index in [1.807, 2.05) is 24.3 Å². The van der Waals surface area contributed by atoms with Crippen LogP contribution in [0, 0.1) is 5.41 Å². The molecule has 2 rings (SSSR count). The topological polar surface area (TPSA) is 35.1 Å².